The van der Waals surface area contributed by atoms with E-state index in [1.54, 1.807) is 4.90 Å². The lowest BCUT2D eigenvalue weighted by atomic mass is 9.98. The van der Waals surface area contributed by atoms with Crippen molar-refractivity contribution in [1.29, 1.82) is 0 Å². The number of ether oxygens (including phenoxy) is 1. The first-order valence-corrected chi connectivity index (χ1v) is 13.9. The number of aliphatic imine (C=N–C) groups is 1. The number of hydrogen-bond acceptors (Lipinski definition) is 9. The molecular weight excluding hydrogens is 545 g/mol. The van der Waals surface area contributed by atoms with E-state index in [0.717, 1.165) is 35.1 Å². The maximum absolute atomic E-state index is 13.9. The number of nitrogens with zero attached hydrogens (tertiary/aromatic N) is 3. The number of nitrogens with two attached hydrogens (primary N) is 2. The summed E-state index contributed by atoms with van der Waals surface area (Å²) >= 11 is 0.767. The normalized spacial score (nSPS) is 18.6. The minimum absolute atomic E-state index is 0.0284. The monoisotopic (exact) mass is 576 g/mol. The van der Waals surface area contributed by atoms with Crippen LogP contribution in [0.2, 0.25) is 0 Å². The van der Waals surface area contributed by atoms with Gasteiger partial charge in [-0.3, -0.25) is 9.79 Å². The molecule has 6 N–H and O–H groups in total. The largest absolute Gasteiger partial charge is 0.491 e. The van der Waals surface area contributed by atoms with E-state index in [9.17, 15) is 23.1 Å². The summed E-state index contributed by atoms with van der Waals surface area (Å²) in [4.78, 5) is 22.2. The summed E-state index contributed by atoms with van der Waals surface area (Å²) in [5.74, 6) is 0.350. The van der Waals surface area contributed by atoms with Crippen LogP contribution in [0.25, 0.3) is 10.2 Å². The predicted molar refractivity (Wildman–Crippen MR) is 150 cm³/mol. The molecule has 1 amide bonds. The number of carbonyl (C=O) groups excluding carboxylic acids is 1. The number of thiophene rings is 1. The van der Waals surface area contributed by atoms with Crippen LogP contribution >= 0.6 is 11.3 Å². The number of amides is 1. The number of anilines is 2. The summed E-state index contributed by atoms with van der Waals surface area (Å²) in [7, 11) is 0. The standard InChI is InChI=1S/C27H31F3N6O3S/c1-14-8-15-9-18(2-3-20(15)34-11-14)39-13-17(37)12-33-16-4-6-36(7-5-16)21-10-19(27(28,29)30)22-23(31)24(25(32)38)40-26(22)35-21/h2-3,9-11,14,16-17,33,37H,4-8,12-13,31H2,1H3,(H2,32,38)/t14?,17-/m0/s1. The molecule has 2 aliphatic heterocycles. The zero-order valence-electron chi connectivity index (χ0n) is 21.9. The highest BCUT2D eigenvalue weighted by Gasteiger charge is 2.37. The number of fused-ring (bicyclic) bond motifs is 2. The third-order valence-corrected chi connectivity index (χ3v) is 8.29. The molecule has 40 heavy (non-hydrogen) atoms. The second kappa shape index (κ2) is 11.2. The number of alkyl halides is 3. The van der Waals surface area contributed by atoms with Gasteiger partial charge >= 0.3 is 6.18 Å². The molecule has 1 aromatic carbocycles. The summed E-state index contributed by atoms with van der Waals surface area (Å²) in [6, 6.07) is 6.79. The predicted octanol–water partition coefficient (Wildman–Crippen LogP) is 3.89. The van der Waals surface area contributed by atoms with Crippen molar-refractivity contribution in [2.45, 2.75) is 44.5 Å². The molecule has 9 nitrogen and oxygen atoms in total. The molecule has 0 spiro atoms. The third kappa shape index (κ3) is 6.01. The Bertz CT molecular complexity index is 1440. The number of aromatic nitrogens is 1. The molecular formula is C27H31F3N6O3S. The molecule has 1 saturated heterocycles. The van der Waals surface area contributed by atoms with Crippen LogP contribution in [0.4, 0.5) is 30.4 Å². The maximum atomic E-state index is 13.9. The number of primary amides is 1. The molecule has 2 aromatic heterocycles. The van der Waals surface area contributed by atoms with Crippen LogP contribution in [0.1, 0.15) is 40.6 Å². The highest BCUT2D eigenvalue weighted by Crippen LogP contribution is 2.43. The molecule has 1 fully saturated rings. The van der Waals surface area contributed by atoms with Crippen LogP contribution in [0.3, 0.4) is 0 Å². The fourth-order valence-electron chi connectivity index (χ4n) is 5.09. The molecule has 0 bridgehead atoms. The molecule has 4 heterocycles. The lowest BCUT2D eigenvalue weighted by Crippen LogP contribution is -2.45. The highest BCUT2D eigenvalue weighted by atomic mass is 32.1. The van der Waals surface area contributed by atoms with Crippen molar-refractivity contribution < 1.29 is 27.8 Å². The number of nitrogen functional groups attached to an aromatic ring is 1. The number of nitrogens with one attached hydrogen (secondary N) is 1. The van der Waals surface area contributed by atoms with E-state index in [4.69, 9.17) is 16.2 Å². The minimum Gasteiger partial charge on any atom is -0.491 e. The Kier molecular flexibility index (Phi) is 7.89. The molecule has 214 valence electrons. The number of pyridine rings is 1. The van der Waals surface area contributed by atoms with E-state index in [2.05, 4.69) is 22.2 Å². The van der Waals surface area contributed by atoms with Crippen molar-refractivity contribution in [3.8, 4) is 5.75 Å². The Morgan fingerprint density at radius 1 is 1.30 bits per heavy atom. The first kappa shape index (κ1) is 28.1. The topological polar surface area (TPSA) is 139 Å². The zero-order chi connectivity index (χ0) is 28.6. The van der Waals surface area contributed by atoms with E-state index in [1.807, 2.05) is 24.4 Å². The number of aliphatic hydroxyl groups is 1. The van der Waals surface area contributed by atoms with Gasteiger partial charge in [-0.15, -0.1) is 11.3 Å². The van der Waals surface area contributed by atoms with E-state index in [1.165, 1.54) is 0 Å². The van der Waals surface area contributed by atoms with Crippen LogP contribution < -0.4 is 26.4 Å². The van der Waals surface area contributed by atoms with Gasteiger partial charge in [0.1, 0.15) is 34.0 Å². The molecule has 2 aliphatic rings. The van der Waals surface area contributed by atoms with Gasteiger partial charge in [0.25, 0.3) is 5.91 Å². The Hall–Kier alpha value is -3.42. The van der Waals surface area contributed by atoms with E-state index in [-0.39, 0.29) is 39.2 Å². The molecule has 0 saturated carbocycles. The summed E-state index contributed by atoms with van der Waals surface area (Å²) in [6.07, 6.45) is -1.26. The molecule has 3 aromatic rings. The lowest BCUT2D eigenvalue weighted by molar-refractivity contribution is -0.136. The average molecular weight is 577 g/mol. The number of carbonyl (C=O) groups is 1. The second-order valence-corrected chi connectivity index (χ2v) is 11.3. The minimum atomic E-state index is -4.68. The maximum Gasteiger partial charge on any atom is 0.417 e. The summed E-state index contributed by atoms with van der Waals surface area (Å²) in [5, 5.41) is 13.5. The van der Waals surface area contributed by atoms with Gasteiger partial charge in [0.05, 0.1) is 16.9 Å². The van der Waals surface area contributed by atoms with E-state index < -0.39 is 23.8 Å². The zero-order valence-corrected chi connectivity index (χ0v) is 22.7. The molecule has 0 aliphatic carbocycles. The van der Waals surface area contributed by atoms with Gasteiger partial charge in [0.2, 0.25) is 0 Å². The molecule has 0 radical (unpaired) electrons. The van der Waals surface area contributed by atoms with E-state index in [0.29, 0.717) is 44.1 Å². The molecule has 2 atom stereocenters. The van der Waals surface area contributed by atoms with Gasteiger partial charge in [-0.25, -0.2) is 4.98 Å². The molecule has 5 rings (SSSR count). The molecule has 1 unspecified atom stereocenters. The Morgan fingerprint density at radius 3 is 2.75 bits per heavy atom. The first-order valence-electron chi connectivity index (χ1n) is 13.1. The number of benzene rings is 1. The molecule has 13 heteroatoms. The van der Waals surface area contributed by atoms with Crippen molar-refractivity contribution in [3.63, 3.8) is 0 Å². The SMILES string of the molecule is CC1C=Nc2ccc(OC[C@@H](O)CNC3CCN(c4cc(C(F)(F)F)c5c(N)c(C(N)=O)sc5n4)CC3)cc2C1. The summed E-state index contributed by atoms with van der Waals surface area (Å²) < 4.78 is 47.5. The number of piperidine rings is 1. The smallest absolute Gasteiger partial charge is 0.417 e. The van der Waals surface area contributed by atoms with Gasteiger partial charge in [-0.05, 0) is 55.0 Å². The lowest BCUT2D eigenvalue weighted by Gasteiger charge is -2.34. The average Bonchev–Trinajstić information content (AvgIpc) is 3.26. The number of hydrogen-bond donors (Lipinski definition) is 4. The van der Waals surface area contributed by atoms with Gasteiger partial charge in [0.15, 0.2) is 0 Å². The number of rotatable bonds is 8. The van der Waals surface area contributed by atoms with Gasteiger partial charge < -0.3 is 31.5 Å². The Labute approximate surface area is 233 Å². The van der Waals surface area contributed by atoms with Crippen LogP contribution in [0, 0.1) is 5.92 Å². The quantitative estimate of drug-likeness (QED) is 0.319. The van der Waals surface area contributed by atoms with Crippen molar-refractivity contribution in [2.75, 3.05) is 36.9 Å². The van der Waals surface area contributed by atoms with E-state index >= 15 is 0 Å². The number of halogens is 3. The Morgan fingerprint density at radius 2 is 2.05 bits per heavy atom. The van der Waals surface area contributed by atoms with Crippen LogP contribution in [0.15, 0.2) is 29.3 Å². The van der Waals surface area contributed by atoms with Crippen LogP contribution in [-0.4, -0.2) is 60.6 Å². The fourth-order valence-corrected chi connectivity index (χ4v) is 6.06. The fraction of sp³-hybridized carbons (Fsp3) is 0.444. The summed E-state index contributed by atoms with van der Waals surface area (Å²) in [6.45, 7) is 3.50. The van der Waals surface area contributed by atoms with Crippen molar-refractivity contribution in [2.24, 2.45) is 16.6 Å². The third-order valence-electron chi connectivity index (χ3n) is 7.18. The Balaban J connectivity index is 1.16. The van der Waals surface area contributed by atoms with Crippen molar-refractivity contribution in [3.05, 3.63) is 40.3 Å². The van der Waals surface area contributed by atoms with Gasteiger partial charge in [-0.2, -0.15) is 13.2 Å². The van der Waals surface area contributed by atoms with Crippen molar-refractivity contribution >= 4 is 50.9 Å². The van der Waals surface area contributed by atoms with Gasteiger partial charge in [0, 0.05) is 37.3 Å². The van der Waals surface area contributed by atoms with Gasteiger partial charge in [-0.1, -0.05) is 6.92 Å². The summed E-state index contributed by atoms with van der Waals surface area (Å²) in [5.41, 5.74) is 12.0. The van der Waals surface area contributed by atoms with Crippen LogP contribution in [0.5, 0.6) is 5.75 Å². The van der Waals surface area contributed by atoms with Crippen LogP contribution in [-0.2, 0) is 12.6 Å². The highest BCUT2D eigenvalue weighted by molar-refractivity contribution is 7.21. The van der Waals surface area contributed by atoms with Crippen molar-refractivity contribution in [1.82, 2.24) is 10.3 Å². The number of aliphatic hydroxyl groups excluding tert-OH is 1. The second-order valence-electron chi connectivity index (χ2n) is 10.3. The first-order chi connectivity index (χ1) is 19.0.